The summed E-state index contributed by atoms with van der Waals surface area (Å²) in [6, 6.07) is 19.3. The number of aryl methyl sites for hydroxylation is 1. The highest BCUT2D eigenvalue weighted by Gasteiger charge is 2.34. The van der Waals surface area contributed by atoms with Crippen LogP contribution in [0.1, 0.15) is 43.7 Å². The molecule has 0 heterocycles. The van der Waals surface area contributed by atoms with Gasteiger partial charge in [-0.3, -0.25) is 13.9 Å². The van der Waals surface area contributed by atoms with Crippen LogP contribution in [0, 0.1) is 6.92 Å². The van der Waals surface area contributed by atoms with Gasteiger partial charge in [0.15, 0.2) is 0 Å². The Kier molecular flexibility index (Phi) is 9.94. The molecule has 1 atom stereocenters. The zero-order valence-electron chi connectivity index (χ0n) is 23.5. The molecule has 3 aromatic rings. The average Bonchev–Trinajstić information content (AvgIpc) is 3.47. The highest BCUT2D eigenvalue weighted by molar-refractivity contribution is 7.92. The lowest BCUT2D eigenvalue weighted by Gasteiger charge is -2.33. The molecule has 1 aliphatic carbocycles. The monoisotopic (exact) mass is 597 g/mol. The lowest BCUT2D eigenvalue weighted by atomic mass is 10.1. The van der Waals surface area contributed by atoms with Crippen molar-refractivity contribution < 1.29 is 22.7 Å². The number of benzene rings is 3. The minimum atomic E-state index is -4.19. The van der Waals surface area contributed by atoms with E-state index >= 15 is 0 Å². The molecule has 4 rings (SSSR count). The van der Waals surface area contributed by atoms with Crippen molar-refractivity contribution in [2.24, 2.45) is 0 Å². The van der Waals surface area contributed by atoms with Crippen LogP contribution in [0.25, 0.3) is 0 Å². The van der Waals surface area contributed by atoms with Crippen LogP contribution in [-0.4, -0.2) is 50.9 Å². The van der Waals surface area contributed by atoms with E-state index in [4.69, 9.17) is 16.3 Å². The van der Waals surface area contributed by atoms with Gasteiger partial charge in [0.25, 0.3) is 10.0 Å². The Morgan fingerprint density at radius 1 is 1.02 bits per heavy atom. The highest BCUT2D eigenvalue weighted by atomic mass is 35.5. The predicted octanol–water partition coefficient (Wildman–Crippen LogP) is 5.33. The number of hydrogen-bond acceptors (Lipinski definition) is 5. The molecule has 1 N–H and O–H groups in total. The van der Waals surface area contributed by atoms with Crippen molar-refractivity contribution in [1.29, 1.82) is 0 Å². The molecule has 3 aromatic carbocycles. The summed E-state index contributed by atoms with van der Waals surface area (Å²) < 4.78 is 34.5. The third kappa shape index (κ3) is 7.40. The third-order valence-corrected chi connectivity index (χ3v) is 9.36. The minimum absolute atomic E-state index is 0.0372. The molecule has 1 aliphatic rings. The molecule has 218 valence electrons. The van der Waals surface area contributed by atoms with Crippen LogP contribution in [0.3, 0.4) is 0 Å². The molecule has 1 saturated carbocycles. The Bertz CT molecular complexity index is 1470. The smallest absolute Gasteiger partial charge is 0.264 e. The van der Waals surface area contributed by atoms with Gasteiger partial charge in [-0.2, -0.15) is 0 Å². The summed E-state index contributed by atoms with van der Waals surface area (Å²) in [5.41, 5.74) is 1.84. The van der Waals surface area contributed by atoms with E-state index in [1.165, 1.54) is 24.1 Å². The van der Waals surface area contributed by atoms with Crippen molar-refractivity contribution in [1.82, 2.24) is 10.2 Å². The number of carbonyl (C=O) groups is 2. The summed E-state index contributed by atoms with van der Waals surface area (Å²) in [5.74, 6) is -0.525. The molecule has 0 saturated heterocycles. The van der Waals surface area contributed by atoms with Gasteiger partial charge in [0.05, 0.1) is 17.7 Å². The molecular formula is C31H36ClN3O5S. The topological polar surface area (TPSA) is 96.0 Å². The number of anilines is 1. The van der Waals surface area contributed by atoms with Crippen LogP contribution < -0.4 is 14.4 Å². The maximum Gasteiger partial charge on any atom is 0.264 e. The number of halogens is 1. The van der Waals surface area contributed by atoms with Gasteiger partial charge >= 0.3 is 0 Å². The van der Waals surface area contributed by atoms with Gasteiger partial charge < -0.3 is 15.0 Å². The summed E-state index contributed by atoms with van der Waals surface area (Å²) in [5, 5.41) is 3.56. The lowest BCUT2D eigenvalue weighted by molar-refractivity contribution is -0.139. The molecule has 10 heteroatoms. The number of nitrogens with zero attached hydrogens (tertiary/aromatic N) is 2. The Morgan fingerprint density at radius 2 is 1.71 bits per heavy atom. The highest BCUT2D eigenvalue weighted by Crippen LogP contribution is 2.32. The van der Waals surface area contributed by atoms with E-state index in [2.05, 4.69) is 5.32 Å². The van der Waals surface area contributed by atoms with E-state index in [0.29, 0.717) is 10.8 Å². The number of ether oxygens (including phenoxy) is 1. The average molecular weight is 598 g/mol. The zero-order valence-corrected chi connectivity index (χ0v) is 25.1. The van der Waals surface area contributed by atoms with Gasteiger partial charge in [0, 0.05) is 17.6 Å². The lowest BCUT2D eigenvalue weighted by Crippen LogP contribution is -2.52. The van der Waals surface area contributed by atoms with Crippen molar-refractivity contribution in [3.63, 3.8) is 0 Å². The van der Waals surface area contributed by atoms with E-state index in [0.717, 1.165) is 41.1 Å². The van der Waals surface area contributed by atoms with Crippen LogP contribution in [0.5, 0.6) is 5.75 Å². The normalized spacial score (nSPS) is 14.3. The SMILES string of the molecule is COc1ccccc1N(CC(=O)N(Cc1cccc(Cl)c1)[C@H](C)C(=O)NC1CCCC1)S(=O)(=O)c1ccc(C)cc1. The summed E-state index contributed by atoms with van der Waals surface area (Å²) >= 11 is 6.22. The first-order chi connectivity index (χ1) is 19.6. The van der Waals surface area contributed by atoms with Crippen molar-refractivity contribution in [2.75, 3.05) is 18.0 Å². The third-order valence-electron chi connectivity index (χ3n) is 7.35. The largest absolute Gasteiger partial charge is 0.495 e. The van der Waals surface area contributed by atoms with Crippen molar-refractivity contribution in [3.05, 3.63) is 88.9 Å². The fourth-order valence-electron chi connectivity index (χ4n) is 4.99. The van der Waals surface area contributed by atoms with Crippen LogP contribution >= 0.6 is 11.6 Å². The molecule has 8 nitrogen and oxygen atoms in total. The summed E-state index contributed by atoms with van der Waals surface area (Å²) in [7, 11) is -2.75. The second-order valence-corrected chi connectivity index (χ2v) is 12.6. The zero-order chi connectivity index (χ0) is 29.6. The van der Waals surface area contributed by atoms with Crippen molar-refractivity contribution in [3.8, 4) is 5.75 Å². The maximum atomic E-state index is 14.1. The molecule has 41 heavy (non-hydrogen) atoms. The van der Waals surface area contributed by atoms with Crippen LogP contribution in [0.15, 0.2) is 77.7 Å². The molecule has 0 aliphatic heterocycles. The first kappa shape index (κ1) is 30.4. The Hall–Kier alpha value is -3.56. The molecule has 0 spiro atoms. The number of amides is 2. The molecule has 1 fully saturated rings. The number of hydrogen-bond donors (Lipinski definition) is 1. The number of carbonyl (C=O) groups excluding carboxylic acids is 2. The van der Waals surface area contributed by atoms with Gasteiger partial charge in [0.1, 0.15) is 18.3 Å². The molecular weight excluding hydrogens is 562 g/mol. The quantitative estimate of drug-likeness (QED) is 0.322. The number of nitrogens with one attached hydrogen (secondary N) is 1. The number of methoxy groups -OCH3 is 1. The van der Waals surface area contributed by atoms with Crippen LogP contribution in [0.4, 0.5) is 5.69 Å². The first-order valence-corrected chi connectivity index (χ1v) is 15.5. The van der Waals surface area contributed by atoms with E-state index < -0.39 is 28.5 Å². The molecule has 0 radical (unpaired) electrons. The van der Waals surface area contributed by atoms with Crippen molar-refractivity contribution in [2.45, 2.75) is 63.1 Å². The summed E-state index contributed by atoms with van der Waals surface area (Å²) in [6.45, 7) is 3.06. The summed E-state index contributed by atoms with van der Waals surface area (Å²) in [6.07, 6.45) is 3.90. The van der Waals surface area contributed by atoms with Gasteiger partial charge in [-0.05, 0) is 68.7 Å². The molecule has 0 aromatic heterocycles. The maximum absolute atomic E-state index is 14.1. The first-order valence-electron chi connectivity index (χ1n) is 13.7. The van der Waals surface area contributed by atoms with Gasteiger partial charge in [0.2, 0.25) is 11.8 Å². The number of rotatable bonds is 11. The molecule has 0 unspecified atom stereocenters. The summed E-state index contributed by atoms with van der Waals surface area (Å²) in [4.78, 5) is 28.9. The molecule has 0 bridgehead atoms. The van der Waals surface area contributed by atoms with E-state index in [9.17, 15) is 18.0 Å². The standard InChI is InChI=1S/C31H36ClN3O5S/c1-22-15-17-27(18-16-22)41(38,39)35(28-13-6-7-14-29(28)40-3)21-30(36)34(20-24-9-8-10-25(32)19-24)23(2)31(37)33-26-11-4-5-12-26/h6-10,13-19,23,26H,4-5,11-12,20-21H2,1-3H3,(H,33,37)/t23-/m1/s1. The van der Waals surface area contributed by atoms with E-state index in [1.54, 1.807) is 61.5 Å². The fraction of sp³-hybridized carbons (Fsp3) is 0.355. The number of para-hydroxylation sites is 2. The Labute approximate surface area is 247 Å². The second kappa shape index (κ2) is 13.4. The van der Waals surface area contributed by atoms with E-state index in [-0.39, 0.29) is 29.1 Å². The Balaban J connectivity index is 1.71. The molecule has 2 amide bonds. The van der Waals surface area contributed by atoms with Crippen molar-refractivity contribution >= 4 is 39.1 Å². The van der Waals surface area contributed by atoms with Gasteiger partial charge in [-0.1, -0.05) is 66.4 Å². The minimum Gasteiger partial charge on any atom is -0.495 e. The van der Waals surface area contributed by atoms with Crippen LogP contribution in [0.2, 0.25) is 5.02 Å². The van der Waals surface area contributed by atoms with Crippen LogP contribution in [-0.2, 0) is 26.2 Å². The predicted molar refractivity (Wildman–Crippen MR) is 161 cm³/mol. The van der Waals surface area contributed by atoms with Gasteiger partial charge in [-0.25, -0.2) is 8.42 Å². The van der Waals surface area contributed by atoms with Gasteiger partial charge in [-0.15, -0.1) is 0 Å². The number of sulfonamides is 1. The fourth-order valence-corrected chi connectivity index (χ4v) is 6.63. The second-order valence-electron chi connectivity index (χ2n) is 10.3. The Morgan fingerprint density at radius 3 is 2.37 bits per heavy atom. The van der Waals surface area contributed by atoms with E-state index in [1.807, 2.05) is 13.0 Å².